The van der Waals surface area contributed by atoms with Gasteiger partial charge in [0.25, 0.3) is 0 Å². The van der Waals surface area contributed by atoms with Gasteiger partial charge in [-0.25, -0.2) is 0 Å². The summed E-state index contributed by atoms with van der Waals surface area (Å²) >= 11 is 0. The molecule has 1 atom stereocenters. The van der Waals surface area contributed by atoms with Crippen molar-refractivity contribution in [3.63, 3.8) is 0 Å². The maximum absolute atomic E-state index is 12.3. The monoisotopic (exact) mass is 256 g/mol. The van der Waals surface area contributed by atoms with Gasteiger partial charge in [0.05, 0.1) is 10.8 Å². The smallest absolute Gasteiger partial charge is 0.0577 e. The van der Waals surface area contributed by atoms with Gasteiger partial charge in [-0.2, -0.15) is 0 Å². The van der Waals surface area contributed by atoms with E-state index >= 15 is 0 Å². The van der Waals surface area contributed by atoms with Gasteiger partial charge in [-0.1, -0.05) is 49.8 Å². The van der Waals surface area contributed by atoms with Crippen LogP contribution in [0.1, 0.15) is 19.4 Å². The number of hydrogen-bond acceptors (Lipinski definition) is 1. The van der Waals surface area contributed by atoms with Gasteiger partial charge in [-0.15, -0.1) is 0 Å². The van der Waals surface area contributed by atoms with E-state index in [1.807, 2.05) is 12.1 Å². The van der Waals surface area contributed by atoms with Crippen LogP contribution in [0.15, 0.2) is 46.9 Å². The first-order valence-corrected chi connectivity index (χ1v) is 7.58. The van der Waals surface area contributed by atoms with Crippen molar-refractivity contribution in [2.75, 3.05) is 5.75 Å². The second kappa shape index (κ2) is 4.36. The van der Waals surface area contributed by atoms with Crippen LogP contribution in [0.5, 0.6) is 0 Å². The Balaban J connectivity index is 2.25. The summed E-state index contributed by atoms with van der Waals surface area (Å²) in [5, 5.41) is 2.39. The van der Waals surface area contributed by atoms with Crippen molar-refractivity contribution in [3.05, 3.63) is 47.5 Å². The Morgan fingerprint density at radius 3 is 2.44 bits per heavy atom. The van der Waals surface area contributed by atoms with Gasteiger partial charge in [0.2, 0.25) is 0 Å². The molecule has 0 bridgehead atoms. The van der Waals surface area contributed by atoms with Crippen LogP contribution in [0.2, 0.25) is 0 Å². The summed E-state index contributed by atoms with van der Waals surface area (Å²) in [5.74, 6) is 1.15. The standard InChI is InChI=1S/C16H16OS/c1-11(2)15-8-14-7-12-5-3-4-6-13(12)9-16(14)18(17)10-15/h3-9,11H,10H2,1-2H3. The molecule has 0 aliphatic carbocycles. The highest BCUT2D eigenvalue weighted by molar-refractivity contribution is 7.85. The third-order valence-corrected chi connectivity index (χ3v) is 4.94. The number of hydrogen-bond donors (Lipinski definition) is 0. The van der Waals surface area contributed by atoms with Gasteiger partial charge in [-0.05, 0) is 34.4 Å². The summed E-state index contributed by atoms with van der Waals surface area (Å²) in [6.45, 7) is 4.32. The van der Waals surface area contributed by atoms with Crippen LogP contribution >= 0.6 is 0 Å². The van der Waals surface area contributed by atoms with Crippen LogP contribution in [0, 0.1) is 5.92 Å². The van der Waals surface area contributed by atoms with Crippen molar-refractivity contribution in [2.45, 2.75) is 18.7 Å². The first kappa shape index (κ1) is 11.7. The van der Waals surface area contributed by atoms with Crippen molar-refractivity contribution >= 4 is 27.6 Å². The summed E-state index contributed by atoms with van der Waals surface area (Å²) in [6, 6.07) is 12.5. The van der Waals surface area contributed by atoms with Crippen LogP contribution < -0.4 is 0 Å². The van der Waals surface area contributed by atoms with E-state index in [0.29, 0.717) is 11.7 Å². The summed E-state index contributed by atoms with van der Waals surface area (Å²) < 4.78 is 12.3. The lowest BCUT2D eigenvalue weighted by atomic mass is 9.99. The van der Waals surface area contributed by atoms with E-state index in [1.165, 1.54) is 16.3 Å². The van der Waals surface area contributed by atoms with E-state index in [0.717, 1.165) is 10.5 Å². The molecule has 0 saturated heterocycles. The lowest BCUT2D eigenvalue weighted by molar-refractivity contribution is 0.679. The fourth-order valence-electron chi connectivity index (χ4n) is 2.35. The van der Waals surface area contributed by atoms with E-state index in [1.54, 1.807) is 0 Å². The average molecular weight is 256 g/mol. The molecule has 2 aromatic carbocycles. The molecule has 3 rings (SSSR count). The summed E-state index contributed by atoms with van der Waals surface area (Å²) in [5.41, 5.74) is 2.41. The van der Waals surface area contributed by atoms with E-state index in [9.17, 15) is 4.21 Å². The zero-order chi connectivity index (χ0) is 12.7. The molecule has 0 radical (unpaired) electrons. The van der Waals surface area contributed by atoms with Crippen molar-refractivity contribution < 1.29 is 4.21 Å². The van der Waals surface area contributed by atoms with Gasteiger partial charge in [0.1, 0.15) is 0 Å². The molecule has 92 valence electrons. The lowest BCUT2D eigenvalue weighted by Gasteiger charge is -2.19. The maximum atomic E-state index is 12.3. The molecule has 0 fully saturated rings. The van der Waals surface area contributed by atoms with Crippen molar-refractivity contribution in [1.29, 1.82) is 0 Å². The highest BCUT2D eigenvalue weighted by Crippen LogP contribution is 2.31. The molecule has 1 nitrogen and oxygen atoms in total. The minimum absolute atomic E-state index is 0.466. The number of rotatable bonds is 1. The van der Waals surface area contributed by atoms with Gasteiger partial charge in [0, 0.05) is 10.6 Å². The minimum atomic E-state index is -0.890. The normalized spacial score (nSPS) is 18.8. The van der Waals surface area contributed by atoms with Gasteiger partial charge >= 0.3 is 0 Å². The highest BCUT2D eigenvalue weighted by atomic mass is 32.2. The van der Waals surface area contributed by atoms with E-state index in [-0.39, 0.29) is 0 Å². The van der Waals surface area contributed by atoms with Crippen molar-refractivity contribution in [2.24, 2.45) is 5.92 Å². The molecule has 0 N–H and O–H groups in total. The van der Waals surface area contributed by atoms with Crippen LogP contribution in [-0.4, -0.2) is 9.96 Å². The van der Waals surface area contributed by atoms with Crippen molar-refractivity contribution in [1.82, 2.24) is 0 Å². The van der Waals surface area contributed by atoms with E-state index in [4.69, 9.17) is 0 Å². The second-order valence-electron chi connectivity index (χ2n) is 5.10. The Hall–Kier alpha value is -1.41. The molecule has 0 saturated carbocycles. The zero-order valence-corrected chi connectivity index (χ0v) is 11.5. The van der Waals surface area contributed by atoms with Gasteiger partial charge < -0.3 is 0 Å². The molecule has 0 aromatic heterocycles. The molecule has 0 amide bonds. The molecule has 1 unspecified atom stereocenters. The van der Waals surface area contributed by atoms with Gasteiger partial charge in [0.15, 0.2) is 0 Å². The van der Waals surface area contributed by atoms with E-state index in [2.05, 4.69) is 44.2 Å². The fourth-order valence-corrected chi connectivity index (χ4v) is 3.86. The molecule has 2 heteroatoms. The highest BCUT2D eigenvalue weighted by Gasteiger charge is 2.19. The lowest BCUT2D eigenvalue weighted by Crippen LogP contribution is -2.12. The predicted octanol–water partition coefficient (Wildman–Crippen LogP) is 4.00. The topological polar surface area (TPSA) is 17.1 Å². The van der Waals surface area contributed by atoms with Crippen LogP contribution in [-0.2, 0) is 10.8 Å². The average Bonchev–Trinajstić information content (AvgIpc) is 2.36. The van der Waals surface area contributed by atoms with Crippen LogP contribution in [0.3, 0.4) is 0 Å². The summed E-state index contributed by atoms with van der Waals surface area (Å²) in [4.78, 5) is 0.984. The largest absolute Gasteiger partial charge is 0.254 e. The first-order chi connectivity index (χ1) is 8.65. The third-order valence-electron chi connectivity index (χ3n) is 3.50. The summed E-state index contributed by atoms with van der Waals surface area (Å²) in [6.07, 6.45) is 2.22. The Labute approximate surface area is 110 Å². The SMILES string of the molecule is CC(C)C1=Cc2cc3ccccc3cc2S(=O)C1. The second-order valence-corrected chi connectivity index (χ2v) is 6.52. The van der Waals surface area contributed by atoms with Gasteiger partial charge in [-0.3, -0.25) is 4.21 Å². The minimum Gasteiger partial charge on any atom is -0.254 e. The van der Waals surface area contributed by atoms with E-state index < -0.39 is 10.8 Å². The molecule has 18 heavy (non-hydrogen) atoms. The first-order valence-electron chi connectivity index (χ1n) is 6.27. The third kappa shape index (κ3) is 1.91. The number of benzene rings is 2. The zero-order valence-electron chi connectivity index (χ0n) is 10.6. The predicted molar refractivity (Wildman–Crippen MR) is 78.0 cm³/mol. The molecule has 2 aromatic rings. The Bertz CT molecular complexity index is 668. The Morgan fingerprint density at radius 1 is 1.11 bits per heavy atom. The molecular weight excluding hydrogens is 240 g/mol. The Morgan fingerprint density at radius 2 is 1.78 bits per heavy atom. The molecule has 0 spiro atoms. The summed E-state index contributed by atoms with van der Waals surface area (Å²) in [7, 11) is -0.890. The molecule has 1 heterocycles. The molecule has 1 aliphatic heterocycles. The Kier molecular flexibility index (Phi) is 2.83. The number of fused-ring (bicyclic) bond motifs is 2. The fraction of sp³-hybridized carbons (Fsp3) is 0.250. The molecular formula is C16H16OS. The molecule has 1 aliphatic rings. The van der Waals surface area contributed by atoms with Crippen LogP contribution in [0.25, 0.3) is 16.8 Å². The maximum Gasteiger partial charge on any atom is 0.0577 e. The van der Waals surface area contributed by atoms with Crippen LogP contribution in [0.4, 0.5) is 0 Å². The quantitative estimate of drug-likeness (QED) is 0.753. The van der Waals surface area contributed by atoms with Crippen molar-refractivity contribution in [3.8, 4) is 0 Å².